The number of nitro groups is 1. The second-order valence-corrected chi connectivity index (χ2v) is 9.41. The molecule has 0 unspecified atom stereocenters. The van der Waals surface area contributed by atoms with Crippen molar-refractivity contribution < 1.29 is 37.5 Å². The van der Waals surface area contributed by atoms with Gasteiger partial charge in [-0.25, -0.2) is 9.79 Å². The lowest BCUT2D eigenvalue weighted by molar-refractivity contribution is -0.386. The highest BCUT2D eigenvalue weighted by Gasteiger charge is 2.45. The molecule has 0 saturated heterocycles. The van der Waals surface area contributed by atoms with Crippen molar-refractivity contribution in [2.75, 3.05) is 13.7 Å². The number of carbonyl (C=O) groups is 1. The van der Waals surface area contributed by atoms with E-state index in [1.54, 1.807) is 0 Å². The summed E-state index contributed by atoms with van der Waals surface area (Å²) in [5.41, 5.74) is -3.75. The lowest BCUT2D eigenvalue weighted by Crippen LogP contribution is -2.41. The van der Waals surface area contributed by atoms with E-state index in [2.05, 4.69) is 4.99 Å². The average Bonchev–Trinajstić information content (AvgIpc) is 3.18. The van der Waals surface area contributed by atoms with E-state index >= 15 is 0 Å². The molecule has 0 fully saturated rings. The fourth-order valence-electron chi connectivity index (χ4n) is 3.94. The van der Waals surface area contributed by atoms with Crippen LogP contribution >= 0.6 is 22.9 Å². The Morgan fingerprint density at radius 2 is 1.97 bits per heavy atom. The molecule has 1 atom stereocenters. The number of benzene rings is 2. The van der Waals surface area contributed by atoms with Crippen LogP contribution in [0.4, 0.5) is 18.9 Å². The van der Waals surface area contributed by atoms with Gasteiger partial charge in [-0.1, -0.05) is 35.1 Å². The smallest absolute Gasteiger partial charge is 0.434 e. The number of ether oxygens (including phenoxy) is 2. The molecule has 1 aliphatic heterocycles. The van der Waals surface area contributed by atoms with Crippen molar-refractivity contribution in [2.45, 2.75) is 19.1 Å². The Hall–Kier alpha value is -4.17. The highest BCUT2D eigenvalue weighted by molar-refractivity contribution is 7.07. The van der Waals surface area contributed by atoms with Crippen LogP contribution in [0.15, 0.2) is 57.5 Å². The van der Waals surface area contributed by atoms with E-state index in [-0.39, 0.29) is 37.8 Å². The summed E-state index contributed by atoms with van der Waals surface area (Å²) in [5.74, 6) is -2.30. The fourth-order valence-corrected chi connectivity index (χ4v) is 5.07. The number of esters is 1. The largest absolute Gasteiger partial charge is 0.500 e. The average molecular weight is 584 g/mol. The zero-order chi connectivity index (χ0) is 28.6. The molecule has 1 aliphatic rings. The summed E-state index contributed by atoms with van der Waals surface area (Å²) in [5, 5.41) is 21.7. The number of alkyl halides is 3. The number of aromatic hydroxyl groups is 1. The first-order chi connectivity index (χ1) is 18.4. The number of aromatic nitrogens is 1. The van der Waals surface area contributed by atoms with E-state index in [0.29, 0.717) is 11.3 Å². The number of allylic oxidation sites excluding steroid dienone is 1. The number of methoxy groups -OCH3 is 1. The lowest BCUT2D eigenvalue weighted by atomic mass is 9.95. The lowest BCUT2D eigenvalue weighted by Gasteiger charge is -2.26. The summed E-state index contributed by atoms with van der Waals surface area (Å²) in [4.78, 5) is 40.2. The van der Waals surface area contributed by atoms with Crippen molar-refractivity contribution in [3.05, 3.63) is 93.6 Å². The number of phenols is 1. The molecule has 0 bridgehead atoms. The molecule has 0 spiro atoms. The van der Waals surface area contributed by atoms with E-state index in [0.717, 1.165) is 17.7 Å². The third kappa shape index (κ3) is 5.25. The van der Waals surface area contributed by atoms with Crippen LogP contribution in [0, 0.1) is 10.1 Å². The number of nitro benzene ring substituents is 1. The molecule has 0 amide bonds. The zero-order valence-electron chi connectivity index (χ0n) is 20.0. The fraction of sp³-hybridized carbons (Fsp3) is 0.208. The molecular weight excluding hydrogens is 567 g/mol. The van der Waals surface area contributed by atoms with Crippen LogP contribution in [0.5, 0.6) is 11.5 Å². The van der Waals surface area contributed by atoms with E-state index in [4.69, 9.17) is 21.1 Å². The molecule has 0 saturated carbocycles. The number of rotatable bonds is 6. The van der Waals surface area contributed by atoms with Gasteiger partial charge in [0.15, 0.2) is 16.2 Å². The standard InChI is InChI=1S/C24H17ClF3N3O7S/c1-3-38-22(34)17-18(12-4-6-13(25)7-5-12)30-21(33)16(39-23(30)29-20(17)24(26,27)28)10-11-8-14(31(35)36)19(32)15(9-11)37-2/h4-10,18,32H,3H2,1-2H3/b16-10-/t18-/m0/s1. The molecule has 0 aliphatic carbocycles. The third-order valence-electron chi connectivity index (χ3n) is 5.57. The number of carbonyl (C=O) groups excluding carboxylic acids is 1. The minimum absolute atomic E-state index is 0.0466. The Labute approximate surface area is 225 Å². The van der Waals surface area contributed by atoms with Gasteiger partial charge >= 0.3 is 17.8 Å². The Balaban J connectivity index is 2.05. The summed E-state index contributed by atoms with van der Waals surface area (Å²) < 4.78 is 53.1. The predicted molar refractivity (Wildman–Crippen MR) is 134 cm³/mol. The minimum atomic E-state index is -5.08. The third-order valence-corrected chi connectivity index (χ3v) is 6.81. The Morgan fingerprint density at radius 1 is 1.31 bits per heavy atom. The highest BCUT2D eigenvalue weighted by Crippen LogP contribution is 2.39. The van der Waals surface area contributed by atoms with Gasteiger partial charge in [0.1, 0.15) is 0 Å². The van der Waals surface area contributed by atoms with Crippen LogP contribution in [0.2, 0.25) is 5.02 Å². The second kappa shape index (κ2) is 10.5. The number of fused-ring (bicyclic) bond motifs is 1. The van der Waals surface area contributed by atoms with Gasteiger partial charge in [0, 0.05) is 11.1 Å². The number of hydrogen-bond donors (Lipinski definition) is 1. The summed E-state index contributed by atoms with van der Waals surface area (Å²) in [7, 11) is 1.16. The SMILES string of the molecule is CCOC(=O)C1=C(C(F)(F)F)N=c2s/c(=C\c3cc(OC)c(O)c([N+](=O)[O-])c3)c(=O)n2[C@H]1c1ccc(Cl)cc1. The molecule has 2 aromatic carbocycles. The number of nitrogens with zero attached hydrogens (tertiary/aromatic N) is 3. The van der Waals surface area contributed by atoms with Crippen LogP contribution in [0.3, 0.4) is 0 Å². The summed E-state index contributed by atoms with van der Waals surface area (Å²) >= 11 is 6.53. The number of hydrogen-bond acceptors (Lipinski definition) is 9. The summed E-state index contributed by atoms with van der Waals surface area (Å²) in [6, 6.07) is 6.14. The van der Waals surface area contributed by atoms with Gasteiger partial charge in [0.2, 0.25) is 5.75 Å². The monoisotopic (exact) mass is 583 g/mol. The molecular formula is C24H17ClF3N3O7S. The first-order valence-electron chi connectivity index (χ1n) is 11.0. The molecule has 204 valence electrons. The molecule has 4 rings (SSSR count). The highest BCUT2D eigenvalue weighted by atomic mass is 35.5. The van der Waals surface area contributed by atoms with Crippen molar-refractivity contribution >= 4 is 40.7 Å². The van der Waals surface area contributed by atoms with E-state index < -0.39 is 51.4 Å². The van der Waals surface area contributed by atoms with E-state index in [1.807, 2.05) is 0 Å². The zero-order valence-corrected chi connectivity index (χ0v) is 21.6. The minimum Gasteiger partial charge on any atom is -0.500 e. The topological polar surface area (TPSA) is 133 Å². The molecule has 10 nitrogen and oxygen atoms in total. The van der Waals surface area contributed by atoms with Gasteiger partial charge in [0.05, 0.1) is 34.8 Å². The van der Waals surface area contributed by atoms with Crippen LogP contribution in [0.25, 0.3) is 6.08 Å². The summed E-state index contributed by atoms with van der Waals surface area (Å²) in [6.45, 7) is 1.19. The number of phenolic OH excluding ortho intramolecular Hbond substituents is 1. The van der Waals surface area contributed by atoms with Crippen molar-refractivity contribution in [1.29, 1.82) is 0 Å². The molecule has 3 aromatic rings. The number of thiazole rings is 1. The maximum Gasteiger partial charge on any atom is 0.434 e. The first kappa shape index (κ1) is 27.9. The molecule has 15 heteroatoms. The van der Waals surface area contributed by atoms with E-state index in [9.17, 15) is 38.0 Å². The quantitative estimate of drug-likeness (QED) is 0.266. The van der Waals surface area contributed by atoms with Gasteiger partial charge < -0.3 is 14.6 Å². The van der Waals surface area contributed by atoms with Gasteiger partial charge in [-0.3, -0.25) is 19.5 Å². The Bertz CT molecular complexity index is 1700. The Morgan fingerprint density at radius 3 is 2.54 bits per heavy atom. The van der Waals surface area contributed by atoms with Crippen LogP contribution < -0.4 is 19.6 Å². The van der Waals surface area contributed by atoms with Crippen molar-refractivity contribution in [3.8, 4) is 11.5 Å². The molecule has 2 heterocycles. The molecule has 1 N–H and O–H groups in total. The molecule has 0 radical (unpaired) electrons. The first-order valence-corrected chi connectivity index (χ1v) is 12.2. The van der Waals surface area contributed by atoms with Crippen molar-refractivity contribution in [2.24, 2.45) is 4.99 Å². The van der Waals surface area contributed by atoms with Gasteiger partial charge in [-0.2, -0.15) is 13.2 Å². The van der Waals surface area contributed by atoms with Crippen molar-refractivity contribution in [3.63, 3.8) is 0 Å². The van der Waals surface area contributed by atoms with Gasteiger partial charge in [-0.15, -0.1) is 0 Å². The normalized spacial score (nSPS) is 15.5. The number of halogens is 4. The maximum atomic E-state index is 14.2. The maximum absolute atomic E-state index is 14.2. The van der Waals surface area contributed by atoms with Crippen LogP contribution in [-0.2, 0) is 9.53 Å². The van der Waals surface area contributed by atoms with Crippen molar-refractivity contribution in [1.82, 2.24) is 4.57 Å². The molecule has 1 aromatic heterocycles. The predicted octanol–water partition coefficient (Wildman–Crippen LogP) is 3.62. The van der Waals surface area contributed by atoms with Crippen LogP contribution in [0.1, 0.15) is 24.1 Å². The summed E-state index contributed by atoms with van der Waals surface area (Å²) in [6.07, 6.45) is -3.90. The van der Waals surface area contributed by atoms with Crippen LogP contribution in [-0.4, -0.2) is 40.5 Å². The van der Waals surface area contributed by atoms with Gasteiger partial charge in [0.25, 0.3) is 5.56 Å². The second-order valence-electron chi connectivity index (χ2n) is 7.96. The molecule has 39 heavy (non-hydrogen) atoms. The Kier molecular flexibility index (Phi) is 7.52. The van der Waals surface area contributed by atoms with Gasteiger partial charge in [-0.05, 0) is 42.3 Å². The van der Waals surface area contributed by atoms with E-state index in [1.165, 1.54) is 43.3 Å².